The van der Waals surface area contributed by atoms with Crippen LogP contribution in [0.1, 0.15) is 23.7 Å². The average molecular weight is 456 g/mol. The summed E-state index contributed by atoms with van der Waals surface area (Å²) in [5.41, 5.74) is 3.93. The molecule has 2 aromatic carbocycles. The molecule has 0 radical (unpaired) electrons. The first-order valence-electron chi connectivity index (χ1n) is 7.09. The van der Waals surface area contributed by atoms with Crippen LogP contribution in [0.3, 0.4) is 0 Å². The summed E-state index contributed by atoms with van der Waals surface area (Å²) < 4.78 is 1.09. The van der Waals surface area contributed by atoms with E-state index in [9.17, 15) is 9.59 Å². The van der Waals surface area contributed by atoms with Gasteiger partial charge in [-0.15, -0.1) is 0 Å². The van der Waals surface area contributed by atoms with E-state index in [1.54, 1.807) is 31.2 Å². The number of rotatable bonds is 5. The van der Waals surface area contributed by atoms with Crippen molar-refractivity contribution in [2.24, 2.45) is 5.10 Å². The van der Waals surface area contributed by atoms with Crippen molar-refractivity contribution in [1.29, 1.82) is 0 Å². The molecule has 0 fully saturated rings. The van der Waals surface area contributed by atoms with Crippen molar-refractivity contribution in [2.75, 3.05) is 5.32 Å². The van der Waals surface area contributed by atoms with Crippen molar-refractivity contribution in [2.45, 2.75) is 13.3 Å². The van der Waals surface area contributed by atoms with Gasteiger partial charge in [-0.3, -0.25) is 9.59 Å². The van der Waals surface area contributed by atoms with Crippen molar-refractivity contribution in [3.8, 4) is 0 Å². The SMILES string of the molecule is C/C(CC(=O)Nc1ccc(I)cc1)=N/NC(=O)c1ccccc1Cl. The smallest absolute Gasteiger partial charge is 0.272 e. The van der Waals surface area contributed by atoms with E-state index >= 15 is 0 Å². The Kier molecular flexibility index (Phi) is 6.74. The summed E-state index contributed by atoms with van der Waals surface area (Å²) in [5.74, 6) is -0.623. The molecule has 0 aromatic heterocycles. The largest absolute Gasteiger partial charge is 0.326 e. The molecule has 7 heteroatoms. The number of benzene rings is 2. The molecule has 0 heterocycles. The Morgan fingerprint density at radius 2 is 1.79 bits per heavy atom. The molecule has 2 aromatic rings. The van der Waals surface area contributed by atoms with E-state index in [4.69, 9.17) is 11.6 Å². The highest BCUT2D eigenvalue weighted by Gasteiger charge is 2.09. The molecule has 0 aliphatic carbocycles. The minimum atomic E-state index is -0.419. The number of hydrogen-bond acceptors (Lipinski definition) is 3. The lowest BCUT2D eigenvalue weighted by Crippen LogP contribution is -2.21. The molecular formula is C17H15ClIN3O2. The summed E-state index contributed by atoms with van der Waals surface area (Å²) in [5, 5.41) is 7.05. The normalized spacial score (nSPS) is 11.0. The fraction of sp³-hybridized carbons (Fsp3) is 0.118. The molecule has 0 saturated heterocycles. The van der Waals surface area contributed by atoms with Crippen molar-refractivity contribution in [1.82, 2.24) is 5.43 Å². The second kappa shape index (κ2) is 8.79. The molecule has 2 rings (SSSR count). The quantitative estimate of drug-likeness (QED) is 0.405. The number of nitrogens with one attached hydrogen (secondary N) is 2. The van der Waals surface area contributed by atoms with Gasteiger partial charge in [0.15, 0.2) is 0 Å². The van der Waals surface area contributed by atoms with Gasteiger partial charge >= 0.3 is 0 Å². The number of carbonyl (C=O) groups excluding carboxylic acids is 2. The first-order valence-corrected chi connectivity index (χ1v) is 8.55. The lowest BCUT2D eigenvalue weighted by atomic mass is 10.2. The molecule has 0 aliphatic rings. The molecule has 0 unspecified atom stereocenters. The Morgan fingerprint density at radius 1 is 1.12 bits per heavy atom. The Bertz CT molecular complexity index is 776. The van der Waals surface area contributed by atoms with Crippen molar-refractivity contribution < 1.29 is 9.59 Å². The molecule has 2 amide bonds. The van der Waals surface area contributed by atoms with Crippen LogP contribution in [0.2, 0.25) is 5.02 Å². The molecular weight excluding hydrogens is 441 g/mol. The molecule has 24 heavy (non-hydrogen) atoms. The standard InChI is InChI=1S/C17H15ClIN3O2/c1-11(10-16(23)20-13-8-6-12(19)7-9-13)21-22-17(24)14-4-2-3-5-15(14)18/h2-9H,10H2,1H3,(H,20,23)(H,22,24)/b21-11-. The number of hydrazone groups is 1. The van der Waals surface area contributed by atoms with Crippen molar-refractivity contribution >= 4 is 57.4 Å². The van der Waals surface area contributed by atoms with E-state index in [1.807, 2.05) is 24.3 Å². The van der Waals surface area contributed by atoms with Crippen molar-refractivity contribution in [3.05, 3.63) is 62.7 Å². The number of nitrogens with zero attached hydrogens (tertiary/aromatic N) is 1. The molecule has 0 aliphatic heterocycles. The van der Waals surface area contributed by atoms with Gasteiger partial charge in [-0.05, 0) is 65.9 Å². The highest BCUT2D eigenvalue weighted by Crippen LogP contribution is 2.14. The van der Waals surface area contributed by atoms with Crippen LogP contribution >= 0.6 is 34.2 Å². The summed E-state index contributed by atoms with van der Waals surface area (Å²) in [4.78, 5) is 23.9. The maximum Gasteiger partial charge on any atom is 0.272 e. The van der Waals surface area contributed by atoms with Crippen LogP contribution in [-0.2, 0) is 4.79 Å². The monoisotopic (exact) mass is 455 g/mol. The molecule has 0 saturated carbocycles. The molecule has 0 spiro atoms. The minimum Gasteiger partial charge on any atom is -0.326 e. The van der Waals surface area contributed by atoms with Gasteiger partial charge in [0.2, 0.25) is 5.91 Å². The van der Waals surface area contributed by atoms with Crippen LogP contribution in [0.15, 0.2) is 53.6 Å². The third kappa shape index (κ3) is 5.61. The maximum absolute atomic E-state index is 12.0. The third-order valence-corrected chi connectivity index (χ3v) is 4.06. The predicted molar refractivity (Wildman–Crippen MR) is 104 cm³/mol. The van der Waals surface area contributed by atoms with Gasteiger partial charge in [-0.2, -0.15) is 5.10 Å². The number of anilines is 1. The summed E-state index contributed by atoms with van der Waals surface area (Å²) >= 11 is 8.14. The second-order valence-corrected chi connectivity index (χ2v) is 6.65. The van der Waals surface area contributed by atoms with Gasteiger partial charge in [-0.25, -0.2) is 5.43 Å². The van der Waals surface area contributed by atoms with Crippen LogP contribution in [0.25, 0.3) is 0 Å². The lowest BCUT2D eigenvalue weighted by molar-refractivity contribution is -0.115. The number of hydrogen-bond donors (Lipinski definition) is 2. The van der Waals surface area contributed by atoms with E-state index in [1.165, 1.54) is 0 Å². The van der Waals surface area contributed by atoms with Gasteiger partial charge in [0.25, 0.3) is 5.91 Å². The maximum atomic E-state index is 12.0. The lowest BCUT2D eigenvalue weighted by Gasteiger charge is -2.06. The molecule has 0 bridgehead atoms. The third-order valence-electron chi connectivity index (χ3n) is 3.01. The van der Waals surface area contributed by atoms with Gasteiger partial charge in [-0.1, -0.05) is 23.7 Å². The zero-order valence-corrected chi connectivity index (χ0v) is 15.8. The average Bonchev–Trinajstić information content (AvgIpc) is 2.55. The van der Waals surface area contributed by atoms with Gasteiger partial charge in [0.05, 0.1) is 17.0 Å². The van der Waals surface area contributed by atoms with E-state index in [-0.39, 0.29) is 12.3 Å². The van der Waals surface area contributed by atoms with E-state index in [0.29, 0.717) is 22.0 Å². The first kappa shape index (κ1) is 18.4. The number of amides is 2. The summed E-state index contributed by atoms with van der Waals surface area (Å²) in [6, 6.07) is 14.1. The highest BCUT2D eigenvalue weighted by molar-refractivity contribution is 14.1. The highest BCUT2D eigenvalue weighted by atomic mass is 127. The molecule has 0 atom stereocenters. The van der Waals surface area contributed by atoms with E-state index in [2.05, 4.69) is 38.4 Å². The summed E-state index contributed by atoms with van der Waals surface area (Å²) in [7, 11) is 0. The topological polar surface area (TPSA) is 70.6 Å². The molecule has 5 nitrogen and oxygen atoms in total. The number of halogens is 2. The predicted octanol–water partition coefficient (Wildman–Crippen LogP) is 4.08. The van der Waals surface area contributed by atoms with Crippen LogP contribution in [0.5, 0.6) is 0 Å². The fourth-order valence-electron chi connectivity index (χ4n) is 1.86. The van der Waals surface area contributed by atoms with Crippen molar-refractivity contribution in [3.63, 3.8) is 0 Å². The number of carbonyl (C=O) groups is 2. The van der Waals surface area contributed by atoms with Gasteiger partial charge in [0.1, 0.15) is 0 Å². The fourth-order valence-corrected chi connectivity index (χ4v) is 2.44. The van der Waals surface area contributed by atoms with Gasteiger partial charge < -0.3 is 5.32 Å². The van der Waals surface area contributed by atoms with Crippen LogP contribution < -0.4 is 10.7 Å². The van der Waals surface area contributed by atoms with Crippen LogP contribution in [-0.4, -0.2) is 17.5 Å². The van der Waals surface area contributed by atoms with Crippen LogP contribution in [0, 0.1) is 3.57 Å². The van der Waals surface area contributed by atoms with E-state index in [0.717, 1.165) is 3.57 Å². The Morgan fingerprint density at radius 3 is 2.46 bits per heavy atom. The summed E-state index contributed by atoms with van der Waals surface area (Å²) in [6.45, 7) is 1.67. The second-order valence-electron chi connectivity index (χ2n) is 5.00. The zero-order valence-electron chi connectivity index (χ0n) is 12.8. The zero-order chi connectivity index (χ0) is 17.5. The first-order chi connectivity index (χ1) is 11.5. The Labute approximate surface area is 158 Å². The van der Waals surface area contributed by atoms with Crippen LogP contribution in [0.4, 0.5) is 5.69 Å². The van der Waals surface area contributed by atoms with E-state index < -0.39 is 5.91 Å². The summed E-state index contributed by atoms with van der Waals surface area (Å²) in [6.07, 6.45) is 0.0782. The Hall–Kier alpha value is -1.93. The van der Waals surface area contributed by atoms with Gasteiger partial charge in [0, 0.05) is 15.0 Å². The molecule has 124 valence electrons. The minimum absolute atomic E-state index is 0.0782. The Balaban J connectivity index is 1.89. The molecule has 2 N–H and O–H groups in total.